The summed E-state index contributed by atoms with van der Waals surface area (Å²) < 4.78 is 0. The van der Waals surface area contributed by atoms with E-state index in [0.29, 0.717) is 21.5 Å². The van der Waals surface area contributed by atoms with E-state index < -0.39 is 11.5 Å². The fraction of sp³-hybridized carbons (Fsp3) is 0.562. The maximum atomic E-state index is 10.7. The Bertz CT molecular complexity index is 526. The highest BCUT2D eigenvalue weighted by Gasteiger charge is 2.43. The van der Waals surface area contributed by atoms with Crippen LogP contribution in [0.2, 0.25) is 10.0 Å². The first-order valence-electron chi connectivity index (χ1n) is 7.06. The van der Waals surface area contributed by atoms with Gasteiger partial charge in [0, 0.05) is 0 Å². The molecule has 1 fully saturated rings. The molecule has 1 aromatic rings. The average molecular weight is 312 g/mol. The zero-order valence-electron chi connectivity index (χ0n) is 11.6. The van der Waals surface area contributed by atoms with Gasteiger partial charge in [0.25, 0.3) is 0 Å². The van der Waals surface area contributed by atoms with Gasteiger partial charge in [-0.1, -0.05) is 55.5 Å². The molecule has 0 amide bonds. The summed E-state index contributed by atoms with van der Waals surface area (Å²) in [5, 5.41) is 21.2. The van der Waals surface area contributed by atoms with Gasteiger partial charge in [0.1, 0.15) is 0 Å². The number of hydrogen-bond donors (Lipinski definition) is 1. The van der Waals surface area contributed by atoms with Gasteiger partial charge in [-0.05, 0) is 36.5 Å². The first-order chi connectivity index (χ1) is 9.52. The minimum atomic E-state index is -0.809. The van der Waals surface area contributed by atoms with Gasteiger partial charge in [0.15, 0.2) is 0 Å². The van der Waals surface area contributed by atoms with Crippen LogP contribution < -0.4 is 0 Å². The summed E-state index contributed by atoms with van der Waals surface area (Å²) in [5.41, 5.74) is -0.0199. The molecule has 1 aliphatic rings. The summed E-state index contributed by atoms with van der Waals surface area (Å²) in [5.74, 6) is 0.515. The first kappa shape index (κ1) is 15.6. The van der Waals surface area contributed by atoms with Crippen molar-refractivity contribution in [3.8, 4) is 6.07 Å². The monoisotopic (exact) mass is 311 g/mol. The van der Waals surface area contributed by atoms with Crippen molar-refractivity contribution in [2.45, 2.75) is 45.1 Å². The van der Waals surface area contributed by atoms with Crippen LogP contribution in [0.3, 0.4) is 0 Å². The molecule has 0 radical (unpaired) electrons. The second-order valence-corrected chi connectivity index (χ2v) is 6.53. The van der Waals surface area contributed by atoms with Gasteiger partial charge in [0.05, 0.1) is 27.6 Å². The molecule has 0 bridgehead atoms. The van der Waals surface area contributed by atoms with Crippen molar-refractivity contribution in [2.75, 3.05) is 0 Å². The van der Waals surface area contributed by atoms with Crippen molar-refractivity contribution in [3.63, 3.8) is 0 Å². The van der Waals surface area contributed by atoms with Gasteiger partial charge in [-0.2, -0.15) is 5.26 Å². The Labute approximate surface area is 130 Å². The molecular formula is C16H19Cl2NO. The fourth-order valence-electron chi connectivity index (χ4n) is 3.19. The molecule has 0 aliphatic heterocycles. The number of nitriles is 1. The number of hydrogen-bond acceptors (Lipinski definition) is 2. The zero-order valence-corrected chi connectivity index (χ0v) is 13.1. The summed E-state index contributed by atoms with van der Waals surface area (Å²) in [6, 6.07) is 7.49. The lowest BCUT2D eigenvalue weighted by Gasteiger charge is -2.39. The molecule has 1 N–H and O–H groups in total. The normalized spacial score (nSPS) is 27.9. The van der Waals surface area contributed by atoms with E-state index in [4.69, 9.17) is 23.2 Å². The maximum absolute atomic E-state index is 10.7. The molecule has 0 spiro atoms. The van der Waals surface area contributed by atoms with Crippen LogP contribution in [0, 0.1) is 22.7 Å². The molecule has 3 unspecified atom stereocenters. The summed E-state index contributed by atoms with van der Waals surface area (Å²) in [4.78, 5) is 0. The Kier molecular flexibility index (Phi) is 4.96. The van der Waals surface area contributed by atoms with Crippen molar-refractivity contribution in [3.05, 3.63) is 33.8 Å². The molecule has 20 heavy (non-hydrogen) atoms. The summed E-state index contributed by atoms with van der Waals surface area (Å²) in [6.07, 6.45) is 3.87. The third-order valence-corrected chi connectivity index (χ3v) is 5.21. The predicted molar refractivity (Wildman–Crippen MR) is 81.7 cm³/mol. The predicted octanol–water partition coefficient (Wildman–Crippen LogP) is 5.14. The lowest BCUT2D eigenvalue weighted by molar-refractivity contribution is 0.0185. The van der Waals surface area contributed by atoms with E-state index in [1.807, 2.05) is 0 Å². The zero-order chi connectivity index (χ0) is 14.8. The van der Waals surface area contributed by atoms with Gasteiger partial charge in [-0.3, -0.25) is 0 Å². The number of benzene rings is 1. The molecule has 4 heteroatoms. The van der Waals surface area contributed by atoms with E-state index in [-0.39, 0.29) is 0 Å². The Morgan fingerprint density at radius 2 is 2.20 bits per heavy atom. The van der Waals surface area contributed by atoms with Crippen molar-refractivity contribution in [1.82, 2.24) is 0 Å². The molecule has 0 aromatic heterocycles. The third kappa shape index (κ3) is 2.96. The fourth-order valence-corrected chi connectivity index (χ4v) is 3.49. The van der Waals surface area contributed by atoms with Gasteiger partial charge in [-0.15, -0.1) is 0 Å². The molecule has 108 valence electrons. The highest BCUT2D eigenvalue weighted by atomic mass is 35.5. The first-order valence-corrected chi connectivity index (χ1v) is 7.82. The van der Waals surface area contributed by atoms with E-state index in [0.717, 1.165) is 32.1 Å². The number of aliphatic hydroxyl groups is 1. The second kappa shape index (κ2) is 6.35. The topological polar surface area (TPSA) is 44.0 Å². The van der Waals surface area contributed by atoms with Crippen molar-refractivity contribution < 1.29 is 5.11 Å². The molecule has 2 nitrogen and oxygen atoms in total. The quantitative estimate of drug-likeness (QED) is 0.840. The highest BCUT2D eigenvalue weighted by Crippen LogP contribution is 2.48. The van der Waals surface area contributed by atoms with Crippen LogP contribution in [0.5, 0.6) is 0 Å². The van der Waals surface area contributed by atoms with Crippen molar-refractivity contribution in [2.24, 2.45) is 11.3 Å². The lowest BCUT2D eigenvalue weighted by Crippen LogP contribution is -2.33. The molecule has 3 atom stereocenters. The molecule has 1 aromatic carbocycles. The number of nitrogens with zero attached hydrogens (tertiary/aromatic N) is 1. The Hall–Kier alpha value is -0.750. The van der Waals surface area contributed by atoms with Crippen LogP contribution in [-0.2, 0) is 0 Å². The van der Waals surface area contributed by atoms with Gasteiger partial charge in [-0.25, -0.2) is 0 Å². The van der Waals surface area contributed by atoms with Crippen LogP contribution >= 0.6 is 23.2 Å². The lowest BCUT2D eigenvalue weighted by atomic mass is 9.65. The smallest absolute Gasteiger partial charge is 0.0976 e. The molecule has 2 rings (SSSR count). The van der Waals surface area contributed by atoms with Gasteiger partial charge >= 0.3 is 0 Å². The molecule has 0 heterocycles. The summed E-state index contributed by atoms with van der Waals surface area (Å²) in [6.45, 7) is 2.14. The minimum absolute atomic E-state index is 0.416. The van der Waals surface area contributed by atoms with Crippen LogP contribution in [0.4, 0.5) is 0 Å². The summed E-state index contributed by atoms with van der Waals surface area (Å²) in [7, 11) is 0. The second-order valence-electron chi connectivity index (χ2n) is 5.71. The Morgan fingerprint density at radius 3 is 2.80 bits per heavy atom. The third-order valence-electron chi connectivity index (χ3n) is 4.47. The van der Waals surface area contributed by atoms with E-state index in [2.05, 4.69) is 13.0 Å². The van der Waals surface area contributed by atoms with E-state index in [1.165, 1.54) is 0 Å². The number of rotatable bonds is 3. The van der Waals surface area contributed by atoms with Gasteiger partial charge in [0.2, 0.25) is 0 Å². The Morgan fingerprint density at radius 1 is 1.45 bits per heavy atom. The molecular weight excluding hydrogens is 293 g/mol. The van der Waals surface area contributed by atoms with Crippen LogP contribution in [0.1, 0.15) is 50.7 Å². The number of aliphatic hydroxyl groups excluding tert-OH is 1. The van der Waals surface area contributed by atoms with Gasteiger partial charge < -0.3 is 5.11 Å². The number of halogens is 2. The largest absolute Gasteiger partial charge is 0.387 e. The molecule has 1 saturated carbocycles. The minimum Gasteiger partial charge on any atom is -0.387 e. The summed E-state index contributed by atoms with van der Waals surface area (Å²) >= 11 is 11.9. The van der Waals surface area contributed by atoms with Crippen molar-refractivity contribution in [1.29, 1.82) is 5.26 Å². The van der Waals surface area contributed by atoms with E-state index in [9.17, 15) is 10.4 Å². The maximum Gasteiger partial charge on any atom is 0.0976 e. The highest BCUT2D eigenvalue weighted by molar-refractivity contribution is 6.42. The SMILES string of the molecule is CCC1CCCC(C#N)(C(O)c2ccc(Cl)c(Cl)c2)C1. The van der Waals surface area contributed by atoms with Crippen LogP contribution in [0.15, 0.2) is 18.2 Å². The molecule has 1 aliphatic carbocycles. The Balaban J connectivity index is 2.30. The molecule has 0 saturated heterocycles. The van der Waals surface area contributed by atoms with Crippen LogP contribution in [-0.4, -0.2) is 5.11 Å². The van der Waals surface area contributed by atoms with E-state index >= 15 is 0 Å². The van der Waals surface area contributed by atoms with Crippen molar-refractivity contribution >= 4 is 23.2 Å². The standard InChI is InChI=1S/C16H19Cl2NO/c1-2-11-4-3-7-16(9-11,10-19)15(20)12-5-6-13(17)14(18)8-12/h5-6,8,11,15,20H,2-4,7,9H2,1H3. The average Bonchev–Trinajstić information content (AvgIpc) is 2.49. The van der Waals surface area contributed by atoms with Crippen LogP contribution in [0.25, 0.3) is 0 Å². The van der Waals surface area contributed by atoms with E-state index in [1.54, 1.807) is 18.2 Å².